The van der Waals surface area contributed by atoms with Crippen LogP contribution in [0.5, 0.6) is 0 Å². The van der Waals surface area contributed by atoms with E-state index in [2.05, 4.69) is 10.2 Å². The third kappa shape index (κ3) is 2.47. The van der Waals surface area contributed by atoms with Crippen LogP contribution in [-0.4, -0.2) is 36.4 Å². The lowest BCUT2D eigenvalue weighted by Gasteiger charge is -2.01. The summed E-state index contributed by atoms with van der Waals surface area (Å²) in [5, 5.41) is 18.2. The molecule has 0 saturated heterocycles. The summed E-state index contributed by atoms with van der Waals surface area (Å²) in [6.45, 7) is 1.16. The average Bonchev–Trinajstić information content (AvgIpc) is 3.16. The Morgan fingerprint density at radius 3 is 2.75 bits per heavy atom. The van der Waals surface area contributed by atoms with Crippen LogP contribution in [0.15, 0.2) is 30.6 Å². The molecule has 3 aromatic rings. The van der Waals surface area contributed by atoms with Crippen LogP contribution in [0.4, 0.5) is 0 Å². The van der Waals surface area contributed by atoms with Crippen LogP contribution in [-0.2, 0) is 11.3 Å². The molecule has 24 heavy (non-hydrogen) atoms. The van der Waals surface area contributed by atoms with Crippen molar-refractivity contribution in [1.82, 2.24) is 19.6 Å². The van der Waals surface area contributed by atoms with E-state index in [-0.39, 0.29) is 12.3 Å². The fourth-order valence-electron chi connectivity index (χ4n) is 2.89. The lowest BCUT2D eigenvalue weighted by Crippen LogP contribution is -2.10. The van der Waals surface area contributed by atoms with Gasteiger partial charge >= 0.3 is 5.97 Å². The molecule has 0 atom stereocenters. The molecule has 0 amide bonds. The van der Waals surface area contributed by atoms with Crippen molar-refractivity contribution in [2.24, 2.45) is 0 Å². The zero-order valence-corrected chi connectivity index (χ0v) is 13.1. The maximum absolute atomic E-state index is 11.9. The van der Waals surface area contributed by atoms with Gasteiger partial charge in [-0.3, -0.25) is 19.0 Å². The van der Waals surface area contributed by atoms with Gasteiger partial charge in [0.1, 0.15) is 12.2 Å². The van der Waals surface area contributed by atoms with Crippen LogP contribution in [0.25, 0.3) is 22.0 Å². The molecule has 7 nitrogen and oxygen atoms in total. The van der Waals surface area contributed by atoms with Crippen LogP contribution in [0.1, 0.15) is 36.3 Å². The minimum atomic E-state index is -0.996. The molecular formula is C17H16N4O3. The molecule has 1 fully saturated rings. The predicted octanol–water partition coefficient (Wildman–Crippen LogP) is 2.52. The first-order valence-electron chi connectivity index (χ1n) is 7.81. The summed E-state index contributed by atoms with van der Waals surface area (Å²) in [5.74, 6) is -1.18. The van der Waals surface area contributed by atoms with Crippen LogP contribution in [0, 0.1) is 0 Å². The SMILES string of the molecule is CC(=O)c1nn(CC(=O)O)c2ccc(-c3cnn(C4CC4)c3)cc12. The second-order valence-corrected chi connectivity index (χ2v) is 6.13. The van der Waals surface area contributed by atoms with Gasteiger partial charge in [0, 0.05) is 24.1 Å². The molecule has 2 aromatic heterocycles. The van der Waals surface area contributed by atoms with Crippen LogP contribution >= 0.6 is 0 Å². The van der Waals surface area contributed by atoms with Crippen LogP contribution in [0.3, 0.4) is 0 Å². The number of carboxylic acids is 1. The van der Waals surface area contributed by atoms with Crippen molar-refractivity contribution in [1.29, 1.82) is 0 Å². The smallest absolute Gasteiger partial charge is 0.325 e. The Bertz CT molecular complexity index is 966. The van der Waals surface area contributed by atoms with Crippen molar-refractivity contribution >= 4 is 22.7 Å². The Morgan fingerprint density at radius 1 is 1.29 bits per heavy atom. The molecule has 7 heteroatoms. The topological polar surface area (TPSA) is 90.0 Å². The van der Waals surface area contributed by atoms with Gasteiger partial charge in [-0.05, 0) is 30.5 Å². The molecule has 1 aromatic carbocycles. The summed E-state index contributed by atoms with van der Waals surface area (Å²) in [6, 6.07) is 6.10. The van der Waals surface area contributed by atoms with E-state index in [9.17, 15) is 9.59 Å². The van der Waals surface area contributed by atoms with Crippen molar-refractivity contribution in [3.8, 4) is 11.1 Å². The monoisotopic (exact) mass is 324 g/mol. The number of ketones is 1. The molecule has 1 saturated carbocycles. The Balaban J connectivity index is 1.82. The standard InChI is InChI=1S/C17H16N4O3/c1-10(22)17-14-6-11(12-7-18-20(8-12)13-3-4-13)2-5-15(14)21(19-17)9-16(23)24/h2,5-8,13H,3-4,9H2,1H3,(H,23,24). The number of hydrogen-bond donors (Lipinski definition) is 1. The van der Waals surface area contributed by atoms with Crippen molar-refractivity contribution in [2.45, 2.75) is 32.4 Å². The largest absolute Gasteiger partial charge is 0.480 e. The van der Waals surface area contributed by atoms with Gasteiger partial charge < -0.3 is 5.11 Å². The highest BCUT2D eigenvalue weighted by molar-refractivity contribution is 6.06. The second-order valence-electron chi connectivity index (χ2n) is 6.13. The van der Waals surface area contributed by atoms with E-state index in [4.69, 9.17) is 5.11 Å². The third-order valence-electron chi connectivity index (χ3n) is 4.22. The number of aromatic nitrogens is 4. The number of Topliss-reactive ketones (excluding diaryl/α,β-unsaturated/α-hetero) is 1. The van der Waals surface area contributed by atoms with E-state index >= 15 is 0 Å². The minimum Gasteiger partial charge on any atom is -0.480 e. The maximum atomic E-state index is 11.9. The van der Waals surface area contributed by atoms with Gasteiger partial charge in [-0.1, -0.05) is 6.07 Å². The number of aliphatic carboxylic acids is 1. The second kappa shape index (κ2) is 5.30. The molecule has 4 rings (SSSR count). The number of fused-ring (bicyclic) bond motifs is 1. The molecule has 0 spiro atoms. The molecule has 1 aliphatic rings. The van der Waals surface area contributed by atoms with Crippen molar-refractivity contribution in [3.63, 3.8) is 0 Å². The normalized spacial score (nSPS) is 14.2. The Kier molecular flexibility index (Phi) is 3.23. The predicted molar refractivity (Wildman–Crippen MR) is 86.9 cm³/mol. The molecular weight excluding hydrogens is 308 g/mol. The Morgan fingerprint density at radius 2 is 2.08 bits per heavy atom. The first-order chi connectivity index (χ1) is 11.5. The van der Waals surface area contributed by atoms with Gasteiger partial charge in [-0.15, -0.1) is 0 Å². The average molecular weight is 324 g/mol. The summed E-state index contributed by atoms with van der Waals surface area (Å²) < 4.78 is 3.32. The molecule has 122 valence electrons. The quantitative estimate of drug-likeness (QED) is 0.728. The van der Waals surface area contributed by atoms with Gasteiger partial charge in [0.05, 0.1) is 17.8 Å². The van der Waals surface area contributed by atoms with Crippen molar-refractivity contribution in [2.75, 3.05) is 0 Å². The lowest BCUT2D eigenvalue weighted by molar-refractivity contribution is -0.137. The van der Waals surface area contributed by atoms with E-state index in [1.165, 1.54) is 11.6 Å². The summed E-state index contributed by atoms with van der Waals surface area (Å²) >= 11 is 0. The summed E-state index contributed by atoms with van der Waals surface area (Å²) in [4.78, 5) is 22.9. The zero-order chi connectivity index (χ0) is 16.8. The molecule has 1 N–H and O–H groups in total. The number of benzene rings is 1. The van der Waals surface area contributed by atoms with E-state index in [1.807, 2.05) is 35.3 Å². The van der Waals surface area contributed by atoms with Crippen LogP contribution < -0.4 is 0 Å². The molecule has 0 radical (unpaired) electrons. The van der Waals surface area contributed by atoms with Crippen molar-refractivity contribution < 1.29 is 14.7 Å². The number of carboxylic acid groups (broad SMARTS) is 1. The number of rotatable bonds is 5. The highest BCUT2D eigenvalue weighted by atomic mass is 16.4. The highest BCUT2D eigenvalue weighted by Gasteiger charge is 2.24. The number of hydrogen-bond acceptors (Lipinski definition) is 4. The fraction of sp³-hybridized carbons (Fsp3) is 0.294. The minimum absolute atomic E-state index is 0.185. The van der Waals surface area contributed by atoms with Gasteiger partial charge in [0.2, 0.25) is 0 Å². The van der Waals surface area contributed by atoms with Gasteiger partial charge in [0.15, 0.2) is 5.78 Å². The fourth-order valence-corrected chi connectivity index (χ4v) is 2.89. The number of carbonyl (C=O) groups is 2. The molecule has 0 aliphatic heterocycles. The highest BCUT2D eigenvalue weighted by Crippen LogP contribution is 2.35. The first kappa shape index (κ1) is 14.6. The molecule has 2 heterocycles. The Hall–Kier alpha value is -2.96. The van der Waals surface area contributed by atoms with Gasteiger partial charge in [-0.2, -0.15) is 10.2 Å². The third-order valence-corrected chi connectivity index (χ3v) is 4.22. The van der Waals surface area contributed by atoms with Crippen LogP contribution in [0.2, 0.25) is 0 Å². The zero-order valence-electron chi connectivity index (χ0n) is 13.1. The Labute approximate surface area is 137 Å². The molecule has 0 unspecified atom stereocenters. The van der Waals surface area contributed by atoms with E-state index < -0.39 is 5.97 Å². The first-order valence-corrected chi connectivity index (χ1v) is 7.81. The maximum Gasteiger partial charge on any atom is 0.325 e. The van der Waals surface area contributed by atoms with Gasteiger partial charge in [0.25, 0.3) is 0 Å². The van der Waals surface area contributed by atoms with E-state index in [0.717, 1.165) is 24.0 Å². The number of nitrogens with zero attached hydrogens (tertiary/aromatic N) is 4. The molecule has 1 aliphatic carbocycles. The number of carbonyl (C=O) groups excluding carboxylic acids is 1. The molecule has 0 bridgehead atoms. The van der Waals surface area contributed by atoms with Crippen molar-refractivity contribution in [3.05, 3.63) is 36.3 Å². The van der Waals surface area contributed by atoms with E-state index in [1.54, 1.807) is 0 Å². The lowest BCUT2D eigenvalue weighted by atomic mass is 10.1. The van der Waals surface area contributed by atoms with E-state index in [0.29, 0.717) is 22.6 Å². The summed E-state index contributed by atoms with van der Waals surface area (Å²) in [6.07, 6.45) is 6.15. The summed E-state index contributed by atoms with van der Waals surface area (Å²) in [7, 11) is 0. The summed E-state index contributed by atoms with van der Waals surface area (Å²) in [5.41, 5.74) is 2.85. The van der Waals surface area contributed by atoms with Gasteiger partial charge in [-0.25, -0.2) is 0 Å².